The van der Waals surface area contributed by atoms with Crippen molar-refractivity contribution in [2.45, 2.75) is 25.3 Å². The van der Waals surface area contributed by atoms with Gasteiger partial charge in [0, 0.05) is 6.04 Å². The summed E-state index contributed by atoms with van der Waals surface area (Å²) in [6.45, 7) is 0.0834. The van der Waals surface area contributed by atoms with E-state index in [4.69, 9.17) is 5.11 Å². The van der Waals surface area contributed by atoms with Crippen LogP contribution in [0.2, 0.25) is 0 Å². The van der Waals surface area contributed by atoms with Crippen LogP contribution in [0, 0.1) is 5.92 Å². The molecule has 2 aliphatic rings. The number of carbonyl (C=O) groups is 3. The molecule has 100 valence electrons. The van der Waals surface area contributed by atoms with Crippen LogP contribution in [0.15, 0.2) is 0 Å². The highest BCUT2D eigenvalue weighted by Gasteiger charge is 2.31. The molecule has 0 bridgehead atoms. The van der Waals surface area contributed by atoms with Crippen LogP contribution in [-0.2, 0) is 14.4 Å². The van der Waals surface area contributed by atoms with Crippen molar-refractivity contribution in [3.05, 3.63) is 0 Å². The van der Waals surface area contributed by atoms with Gasteiger partial charge in [0.15, 0.2) is 0 Å². The molecule has 0 aromatic heterocycles. The molecular weight excluding hydrogens is 256 g/mol. The van der Waals surface area contributed by atoms with E-state index in [1.54, 1.807) is 0 Å². The molecule has 2 N–H and O–H groups in total. The van der Waals surface area contributed by atoms with Gasteiger partial charge in [-0.3, -0.25) is 14.4 Å². The fourth-order valence-corrected chi connectivity index (χ4v) is 3.23. The molecule has 1 saturated carbocycles. The maximum absolute atomic E-state index is 11.7. The number of carboxylic acid groups (broad SMARTS) is 1. The van der Waals surface area contributed by atoms with Crippen LogP contribution in [0.3, 0.4) is 0 Å². The van der Waals surface area contributed by atoms with E-state index in [1.807, 2.05) is 0 Å². The average molecular weight is 272 g/mol. The lowest BCUT2D eigenvalue weighted by Gasteiger charge is -2.17. The number of amides is 2. The molecule has 1 heterocycles. The number of hydrogen-bond donors (Lipinski definition) is 2. The summed E-state index contributed by atoms with van der Waals surface area (Å²) in [5.41, 5.74) is 0. The average Bonchev–Trinajstić information content (AvgIpc) is 2.89. The van der Waals surface area contributed by atoms with Crippen LogP contribution in [-0.4, -0.2) is 52.0 Å². The van der Waals surface area contributed by atoms with Gasteiger partial charge in [0.25, 0.3) is 0 Å². The molecule has 18 heavy (non-hydrogen) atoms. The van der Waals surface area contributed by atoms with E-state index in [2.05, 4.69) is 5.32 Å². The predicted molar refractivity (Wildman–Crippen MR) is 65.9 cm³/mol. The molecule has 0 radical (unpaired) electrons. The third-order valence-electron chi connectivity index (χ3n) is 3.31. The molecule has 1 aliphatic carbocycles. The lowest BCUT2D eigenvalue weighted by molar-refractivity contribution is -0.141. The molecule has 0 unspecified atom stereocenters. The largest absolute Gasteiger partial charge is 0.481 e. The van der Waals surface area contributed by atoms with Crippen molar-refractivity contribution in [1.29, 1.82) is 0 Å². The summed E-state index contributed by atoms with van der Waals surface area (Å²) in [6.07, 6.45) is 1.80. The number of hydrogen-bond acceptors (Lipinski definition) is 4. The number of nitrogens with one attached hydrogen (secondary N) is 1. The van der Waals surface area contributed by atoms with E-state index in [1.165, 1.54) is 16.7 Å². The fraction of sp³-hybridized carbons (Fsp3) is 0.727. The van der Waals surface area contributed by atoms with Crippen molar-refractivity contribution in [2.75, 3.05) is 18.2 Å². The van der Waals surface area contributed by atoms with Crippen molar-refractivity contribution in [1.82, 2.24) is 10.2 Å². The highest BCUT2D eigenvalue weighted by atomic mass is 32.2. The Kier molecular flexibility index (Phi) is 4.11. The van der Waals surface area contributed by atoms with Crippen molar-refractivity contribution >= 4 is 29.5 Å². The van der Waals surface area contributed by atoms with Gasteiger partial charge in [-0.2, -0.15) is 0 Å². The van der Waals surface area contributed by atoms with E-state index in [-0.39, 0.29) is 30.3 Å². The summed E-state index contributed by atoms with van der Waals surface area (Å²) < 4.78 is 0. The number of carboxylic acids is 1. The van der Waals surface area contributed by atoms with Crippen LogP contribution in [0.1, 0.15) is 19.3 Å². The monoisotopic (exact) mass is 272 g/mol. The van der Waals surface area contributed by atoms with E-state index in [0.29, 0.717) is 30.9 Å². The summed E-state index contributed by atoms with van der Waals surface area (Å²) in [5.74, 6) is -0.337. The van der Waals surface area contributed by atoms with Crippen LogP contribution >= 0.6 is 11.8 Å². The molecule has 1 saturated heterocycles. The summed E-state index contributed by atoms with van der Waals surface area (Å²) >= 11 is 1.50. The molecule has 2 rings (SSSR count). The second-order valence-corrected chi connectivity index (χ2v) is 5.64. The molecule has 2 fully saturated rings. The van der Waals surface area contributed by atoms with Crippen LogP contribution < -0.4 is 5.32 Å². The van der Waals surface area contributed by atoms with Crippen molar-refractivity contribution in [2.24, 2.45) is 5.92 Å². The number of nitrogens with zero attached hydrogens (tertiary/aromatic N) is 1. The van der Waals surface area contributed by atoms with Crippen LogP contribution in [0.25, 0.3) is 0 Å². The molecule has 2 amide bonds. The highest BCUT2D eigenvalue weighted by Crippen LogP contribution is 2.25. The van der Waals surface area contributed by atoms with E-state index in [0.717, 1.165) is 0 Å². The van der Waals surface area contributed by atoms with Crippen molar-refractivity contribution in [3.8, 4) is 0 Å². The number of carbonyl (C=O) groups excluding carboxylic acids is 2. The zero-order valence-electron chi connectivity index (χ0n) is 9.92. The zero-order chi connectivity index (χ0) is 13.1. The van der Waals surface area contributed by atoms with Gasteiger partial charge >= 0.3 is 5.97 Å². The minimum absolute atomic E-state index is 0.00927. The maximum atomic E-state index is 11.7. The Labute approximate surface area is 109 Å². The Bertz CT molecular complexity index is 374. The standard InChI is InChI=1S/C11H16N2O4S/c14-9(4-13-6-18-5-10(13)15)12-8-2-1-7(3-8)11(16)17/h7-8H,1-6H2,(H,12,14)(H,16,17)/t7-,8+/m0/s1. The molecule has 6 nitrogen and oxygen atoms in total. The Morgan fingerprint density at radius 1 is 1.44 bits per heavy atom. The first-order valence-corrected chi connectivity index (χ1v) is 7.09. The number of aliphatic carboxylic acids is 1. The Morgan fingerprint density at radius 2 is 2.22 bits per heavy atom. The quantitative estimate of drug-likeness (QED) is 0.745. The van der Waals surface area contributed by atoms with Crippen molar-refractivity contribution in [3.63, 3.8) is 0 Å². The summed E-state index contributed by atoms with van der Waals surface area (Å²) in [6, 6.07) is -0.0658. The van der Waals surface area contributed by atoms with Gasteiger partial charge in [-0.15, -0.1) is 11.8 Å². The van der Waals surface area contributed by atoms with Crippen molar-refractivity contribution < 1.29 is 19.5 Å². The van der Waals surface area contributed by atoms with Gasteiger partial charge in [0.1, 0.15) is 6.54 Å². The number of thioether (sulfide) groups is 1. The highest BCUT2D eigenvalue weighted by molar-refractivity contribution is 8.00. The molecule has 0 spiro atoms. The normalized spacial score (nSPS) is 27.6. The molecule has 2 atom stereocenters. The number of rotatable bonds is 4. The first-order chi connectivity index (χ1) is 8.56. The Morgan fingerprint density at radius 3 is 2.78 bits per heavy atom. The van der Waals surface area contributed by atoms with E-state index >= 15 is 0 Å². The Hall–Kier alpha value is -1.24. The summed E-state index contributed by atoms with van der Waals surface area (Å²) in [4.78, 5) is 35.4. The minimum Gasteiger partial charge on any atom is -0.481 e. The lowest BCUT2D eigenvalue weighted by Crippen LogP contribution is -2.42. The first kappa shape index (κ1) is 13.2. The second-order valence-electron chi connectivity index (χ2n) is 4.68. The fourth-order valence-electron chi connectivity index (χ4n) is 2.32. The SMILES string of the molecule is O=C(CN1CSCC1=O)N[C@@H]1CC[C@H](C(=O)O)C1. The summed E-state index contributed by atoms with van der Waals surface area (Å²) in [7, 11) is 0. The van der Waals surface area contributed by atoms with Crippen LogP contribution in [0.5, 0.6) is 0 Å². The first-order valence-electron chi connectivity index (χ1n) is 5.94. The zero-order valence-corrected chi connectivity index (χ0v) is 10.7. The minimum atomic E-state index is -0.794. The van der Waals surface area contributed by atoms with Gasteiger partial charge in [0.05, 0.1) is 17.5 Å². The topological polar surface area (TPSA) is 86.7 Å². The third kappa shape index (κ3) is 3.16. The molecule has 0 aromatic rings. The van der Waals surface area contributed by atoms with Gasteiger partial charge in [0.2, 0.25) is 11.8 Å². The van der Waals surface area contributed by atoms with Crippen LogP contribution in [0.4, 0.5) is 0 Å². The second kappa shape index (κ2) is 5.60. The van der Waals surface area contributed by atoms with Gasteiger partial charge < -0.3 is 15.3 Å². The Balaban J connectivity index is 1.75. The predicted octanol–water partition coefficient (Wildman–Crippen LogP) is -0.111. The molecule has 1 aliphatic heterocycles. The van der Waals surface area contributed by atoms with E-state index in [9.17, 15) is 14.4 Å². The summed E-state index contributed by atoms with van der Waals surface area (Å²) in [5, 5.41) is 11.7. The molecular formula is C11H16N2O4S. The smallest absolute Gasteiger partial charge is 0.306 e. The van der Waals surface area contributed by atoms with Gasteiger partial charge in [-0.25, -0.2) is 0 Å². The maximum Gasteiger partial charge on any atom is 0.306 e. The van der Waals surface area contributed by atoms with Gasteiger partial charge in [-0.05, 0) is 19.3 Å². The van der Waals surface area contributed by atoms with Gasteiger partial charge in [-0.1, -0.05) is 0 Å². The third-order valence-corrected chi connectivity index (χ3v) is 4.25. The molecule has 7 heteroatoms. The van der Waals surface area contributed by atoms with E-state index < -0.39 is 5.97 Å². The molecule has 0 aromatic carbocycles. The lowest BCUT2D eigenvalue weighted by atomic mass is 10.1.